The highest BCUT2D eigenvalue weighted by atomic mass is 32.2. The minimum absolute atomic E-state index is 0.0417. The van der Waals surface area contributed by atoms with Crippen molar-refractivity contribution in [1.82, 2.24) is 24.2 Å². The summed E-state index contributed by atoms with van der Waals surface area (Å²) in [6.07, 6.45) is 5.98. The quantitative estimate of drug-likeness (QED) is 0.296. The number of aromatic nitrogens is 4. The number of aliphatic hydroxyl groups is 2. The van der Waals surface area contributed by atoms with Crippen molar-refractivity contribution in [3.63, 3.8) is 0 Å². The summed E-state index contributed by atoms with van der Waals surface area (Å²) in [5, 5.41) is 19.3. The molecule has 2 N–H and O–H groups in total. The van der Waals surface area contributed by atoms with E-state index in [4.69, 9.17) is 14.7 Å². The van der Waals surface area contributed by atoms with E-state index in [0.717, 1.165) is 61.1 Å². The minimum atomic E-state index is -3.93. The summed E-state index contributed by atoms with van der Waals surface area (Å²) >= 11 is 0. The fraction of sp³-hybridized carbons (Fsp3) is 0.727. The fourth-order valence-corrected chi connectivity index (χ4v) is 5.10. The van der Waals surface area contributed by atoms with Crippen molar-refractivity contribution in [3.05, 3.63) is 0 Å². The van der Waals surface area contributed by atoms with Crippen LogP contribution in [0.1, 0.15) is 38.5 Å². The normalized spacial score (nSPS) is 17.1. The monoisotopic (exact) mass is 540 g/mol. The molecule has 2 aliphatic rings. The number of anilines is 3. The van der Waals surface area contributed by atoms with Crippen LogP contribution in [-0.4, -0.2) is 110 Å². The van der Waals surface area contributed by atoms with E-state index < -0.39 is 10.0 Å². The summed E-state index contributed by atoms with van der Waals surface area (Å²) in [6.45, 7) is 2.16. The fourth-order valence-electron chi connectivity index (χ4n) is 4.37. The molecule has 2 aromatic heterocycles. The molecule has 0 aromatic carbocycles. The van der Waals surface area contributed by atoms with Crippen LogP contribution in [0.3, 0.4) is 0 Å². The van der Waals surface area contributed by atoms with Crippen molar-refractivity contribution < 1.29 is 28.3 Å². The molecule has 2 aromatic rings. The van der Waals surface area contributed by atoms with Crippen molar-refractivity contribution in [2.75, 3.05) is 81.7 Å². The molecular formula is C22H36N8O6S. The van der Waals surface area contributed by atoms with Crippen LogP contribution in [0.4, 0.5) is 17.6 Å². The number of sulfonamides is 1. The highest BCUT2D eigenvalue weighted by Crippen LogP contribution is 2.34. The Kier molecular flexibility index (Phi) is 9.26. The first kappa shape index (κ1) is 27.6. The van der Waals surface area contributed by atoms with Crippen LogP contribution in [0, 0.1) is 0 Å². The van der Waals surface area contributed by atoms with Gasteiger partial charge in [-0.05, 0) is 38.5 Å². The van der Waals surface area contributed by atoms with Crippen LogP contribution in [0.25, 0.3) is 11.0 Å². The third kappa shape index (κ3) is 6.18. The molecule has 4 heterocycles. The van der Waals surface area contributed by atoms with Gasteiger partial charge in [0, 0.05) is 40.3 Å². The van der Waals surface area contributed by atoms with Gasteiger partial charge < -0.3 is 20.0 Å². The molecule has 0 amide bonds. The van der Waals surface area contributed by atoms with Gasteiger partial charge in [0.1, 0.15) is 24.2 Å². The number of nitrogens with zero attached hydrogens (tertiary/aromatic N) is 8. The van der Waals surface area contributed by atoms with Crippen LogP contribution in [-0.2, 0) is 19.7 Å². The number of rotatable bonds is 11. The summed E-state index contributed by atoms with van der Waals surface area (Å²) in [7, 11) is -1.04. The van der Waals surface area contributed by atoms with Crippen LogP contribution in [0.15, 0.2) is 5.16 Å². The Morgan fingerprint density at radius 2 is 1.24 bits per heavy atom. The van der Waals surface area contributed by atoms with Crippen LogP contribution in [0.5, 0.6) is 0 Å². The van der Waals surface area contributed by atoms with Gasteiger partial charge in [-0.15, -0.1) is 0 Å². The van der Waals surface area contributed by atoms with Gasteiger partial charge in [-0.3, -0.25) is 0 Å². The van der Waals surface area contributed by atoms with Crippen molar-refractivity contribution in [2.24, 2.45) is 0 Å². The molecule has 2 aliphatic heterocycles. The maximum Gasteiger partial charge on any atom is 0.280 e. The van der Waals surface area contributed by atoms with Crippen molar-refractivity contribution in [3.8, 4) is 0 Å². The van der Waals surface area contributed by atoms with E-state index in [1.165, 1.54) is 14.1 Å². The third-order valence-corrected chi connectivity index (χ3v) is 7.87. The highest BCUT2D eigenvalue weighted by molar-refractivity contribution is 7.88. The number of hydrogen-bond donors (Lipinski definition) is 2. The summed E-state index contributed by atoms with van der Waals surface area (Å²) in [4.78, 5) is 33.5. The Balaban J connectivity index is 1.97. The molecule has 0 atom stereocenters. The topological polar surface area (TPSA) is 158 Å². The van der Waals surface area contributed by atoms with Gasteiger partial charge in [0.15, 0.2) is 11.6 Å². The lowest BCUT2D eigenvalue weighted by Crippen LogP contribution is -2.35. The van der Waals surface area contributed by atoms with Gasteiger partial charge in [-0.2, -0.15) is 9.97 Å². The second-order valence-electron chi connectivity index (χ2n) is 9.13. The van der Waals surface area contributed by atoms with Crippen LogP contribution >= 0.6 is 0 Å². The minimum Gasteiger partial charge on any atom is -0.394 e. The number of fused-ring (bicyclic) bond motifs is 1. The van der Waals surface area contributed by atoms with Crippen LogP contribution in [0.2, 0.25) is 0 Å². The zero-order chi connectivity index (χ0) is 26.4. The van der Waals surface area contributed by atoms with Gasteiger partial charge in [-0.25, -0.2) is 32.4 Å². The van der Waals surface area contributed by atoms with Gasteiger partial charge in [-0.1, -0.05) is 5.23 Å². The van der Waals surface area contributed by atoms with E-state index >= 15 is 0 Å². The molecule has 15 heteroatoms. The second-order valence-corrected chi connectivity index (χ2v) is 11.2. The molecule has 0 aliphatic carbocycles. The maximum absolute atomic E-state index is 13.1. The van der Waals surface area contributed by atoms with Crippen LogP contribution < -0.4 is 15.0 Å². The van der Waals surface area contributed by atoms with Gasteiger partial charge in [0.2, 0.25) is 0 Å². The Hall–Kier alpha value is -2.43. The van der Waals surface area contributed by atoms with E-state index in [0.29, 0.717) is 35.8 Å². The number of piperidine rings is 2. The van der Waals surface area contributed by atoms with Crippen molar-refractivity contribution >= 4 is 38.6 Å². The molecule has 2 saturated heterocycles. The first-order chi connectivity index (χ1) is 17.9. The first-order valence-corrected chi connectivity index (χ1v) is 14.1. The second kappa shape index (κ2) is 12.4. The lowest BCUT2D eigenvalue weighted by molar-refractivity contribution is -0.106. The predicted molar refractivity (Wildman–Crippen MR) is 137 cm³/mol. The first-order valence-electron chi connectivity index (χ1n) is 12.7. The summed E-state index contributed by atoms with van der Waals surface area (Å²) in [5.41, 5.74) is 0.723. The summed E-state index contributed by atoms with van der Waals surface area (Å²) < 4.78 is 27.4. The molecule has 4 rings (SSSR count). The molecular weight excluding hydrogens is 504 g/mol. The molecule has 0 unspecified atom stereocenters. The van der Waals surface area contributed by atoms with E-state index in [9.17, 15) is 18.6 Å². The zero-order valence-corrected chi connectivity index (χ0v) is 22.2. The largest absolute Gasteiger partial charge is 0.394 e. The molecule has 206 valence electrons. The van der Waals surface area contributed by atoms with Gasteiger partial charge in [0.25, 0.3) is 21.1 Å². The number of aliphatic hydroxyl groups excluding tert-OH is 2. The van der Waals surface area contributed by atoms with Gasteiger partial charge in [0.05, 0.1) is 13.2 Å². The lowest BCUT2D eigenvalue weighted by Gasteiger charge is -2.31. The van der Waals surface area contributed by atoms with E-state index in [2.05, 4.69) is 19.9 Å². The van der Waals surface area contributed by atoms with Crippen molar-refractivity contribution in [1.29, 1.82) is 0 Å². The Labute approximate surface area is 216 Å². The average Bonchev–Trinajstić information content (AvgIpc) is 2.92. The smallest absolute Gasteiger partial charge is 0.280 e. The summed E-state index contributed by atoms with van der Waals surface area (Å²) in [6, 6.07) is 0. The Bertz CT molecular complexity index is 1150. The highest BCUT2D eigenvalue weighted by Gasteiger charge is 2.30. The number of hydrogen-bond acceptors (Lipinski definition) is 13. The van der Waals surface area contributed by atoms with E-state index in [1.807, 2.05) is 4.90 Å². The third-order valence-electron chi connectivity index (χ3n) is 6.26. The Morgan fingerprint density at radius 3 is 1.73 bits per heavy atom. The molecule has 0 radical (unpaired) electrons. The molecule has 14 nitrogen and oxygen atoms in total. The zero-order valence-electron chi connectivity index (χ0n) is 21.4. The molecule has 0 spiro atoms. The molecule has 0 bridgehead atoms. The summed E-state index contributed by atoms with van der Waals surface area (Å²) in [5.74, 6) is 0.914. The standard InChI is InChI=1S/C22H36N8O6S/c1-27(2)37(33,34)22-24-18-17(20(26-22)29-11-7-4-8-12-29)23-21(30(35-15-13-31)36-16-14-32)25-19(18)28-9-5-3-6-10-28/h31-32H,3-16H2,1-2H3. The molecule has 0 saturated carbocycles. The molecule has 37 heavy (non-hydrogen) atoms. The van der Waals surface area contributed by atoms with Crippen molar-refractivity contribution in [2.45, 2.75) is 43.7 Å². The van der Waals surface area contributed by atoms with Gasteiger partial charge >= 0.3 is 0 Å². The maximum atomic E-state index is 13.1. The Morgan fingerprint density at radius 1 is 0.757 bits per heavy atom. The van der Waals surface area contributed by atoms with E-state index in [-0.39, 0.29) is 37.5 Å². The predicted octanol–water partition coefficient (Wildman–Crippen LogP) is 0.305. The SMILES string of the molecule is CN(C)S(=O)(=O)c1nc(N2CCCCC2)c2nc(N(OCCO)OCCO)nc(N3CCCCC3)c2n1. The van der Waals surface area contributed by atoms with E-state index in [1.54, 1.807) is 0 Å². The lowest BCUT2D eigenvalue weighted by atomic mass is 10.1. The average molecular weight is 541 g/mol. The molecule has 2 fully saturated rings.